The fraction of sp³-hybridized carbons (Fsp3) is 0.394. The van der Waals surface area contributed by atoms with E-state index in [-0.39, 0.29) is 30.0 Å². The highest BCUT2D eigenvalue weighted by atomic mass is 19.4. The number of aliphatic carboxylic acids is 1. The maximum Gasteiger partial charge on any atom is 0.416 e. The minimum absolute atomic E-state index is 0.0206. The molecule has 2 heterocycles. The van der Waals surface area contributed by atoms with Gasteiger partial charge in [0.25, 0.3) is 5.91 Å². The molecule has 44 heavy (non-hydrogen) atoms. The Kier molecular flexibility index (Phi) is 7.99. The topological polar surface area (TPSA) is 76.1 Å². The van der Waals surface area contributed by atoms with E-state index in [2.05, 4.69) is 0 Å². The molecule has 0 fully saturated rings. The molecule has 2 aliphatic rings. The van der Waals surface area contributed by atoms with Gasteiger partial charge in [0.05, 0.1) is 23.3 Å². The first-order valence-electron chi connectivity index (χ1n) is 14.2. The minimum Gasteiger partial charge on any atom is -0.490 e. The molecule has 2 aliphatic heterocycles. The standard InChI is InChI=1S/C33H32F5NO5/c1-16-13-25-20(10-11-39(25)30(40)22-14-18(33(36,37)38)8-9-23(22)34)27(26(16)29(31(41)42)44-32(3,4)5)21-15-24(35)28-19(17(21)2)7-6-12-43-28/h8-9,13-15,29H,6-7,10-12H2,1-5H3,(H,41,42)/t29-/m0/s1. The number of carboxylic acid groups (broad SMARTS) is 1. The van der Waals surface area contributed by atoms with Crippen LogP contribution in [0.5, 0.6) is 5.75 Å². The molecule has 6 nitrogen and oxygen atoms in total. The molecule has 0 aliphatic carbocycles. The number of hydrogen-bond acceptors (Lipinski definition) is 4. The monoisotopic (exact) mass is 617 g/mol. The second-order valence-electron chi connectivity index (χ2n) is 12.1. The van der Waals surface area contributed by atoms with E-state index < -0.39 is 52.5 Å². The van der Waals surface area contributed by atoms with Crippen molar-refractivity contribution in [1.29, 1.82) is 0 Å². The van der Waals surface area contributed by atoms with E-state index >= 15 is 4.39 Å². The molecule has 0 bridgehead atoms. The molecule has 3 aromatic carbocycles. The fourth-order valence-corrected chi connectivity index (χ4v) is 6.07. The van der Waals surface area contributed by atoms with Gasteiger partial charge < -0.3 is 19.5 Å². The lowest BCUT2D eigenvalue weighted by Gasteiger charge is -2.30. The SMILES string of the molecule is Cc1cc2c(c(-c3cc(F)c4c(c3C)CCCO4)c1[C@H](OC(C)(C)C)C(=O)O)CCN2C(=O)c1cc(C(F)(F)F)ccc1F. The average Bonchev–Trinajstić information content (AvgIpc) is 3.35. The maximum atomic E-state index is 15.5. The van der Waals surface area contributed by atoms with E-state index in [1.807, 2.05) is 0 Å². The van der Waals surface area contributed by atoms with Crippen molar-refractivity contribution in [3.8, 4) is 16.9 Å². The summed E-state index contributed by atoms with van der Waals surface area (Å²) in [7, 11) is 0. The van der Waals surface area contributed by atoms with Crippen LogP contribution in [0, 0.1) is 25.5 Å². The molecule has 3 aromatic rings. The number of carbonyl (C=O) groups excluding carboxylic acids is 1. The van der Waals surface area contributed by atoms with Crippen LogP contribution in [0.4, 0.5) is 27.6 Å². The second-order valence-corrected chi connectivity index (χ2v) is 12.1. The number of fused-ring (bicyclic) bond motifs is 2. The normalized spacial score (nSPS) is 15.5. The molecular weight excluding hydrogens is 585 g/mol. The third-order valence-electron chi connectivity index (χ3n) is 7.97. The van der Waals surface area contributed by atoms with Crippen molar-refractivity contribution in [3.05, 3.63) is 80.9 Å². The number of benzene rings is 3. The molecule has 1 N–H and O–H groups in total. The molecule has 1 amide bonds. The number of aryl methyl sites for hydroxylation is 1. The fourth-order valence-electron chi connectivity index (χ4n) is 6.07. The van der Waals surface area contributed by atoms with Crippen LogP contribution in [0.3, 0.4) is 0 Å². The average molecular weight is 618 g/mol. The Morgan fingerprint density at radius 2 is 1.70 bits per heavy atom. The van der Waals surface area contributed by atoms with E-state index in [0.717, 1.165) is 0 Å². The van der Waals surface area contributed by atoms with Gasteiger partial charge >= 0.3 is 12.1 Å². The number of rotatable bonds is 5. The molecule has 1 atom stereocenters. The van der Waals surface area contributed by atoms with E-state index in [1.165, 1.54) is 11.0 Å². The Bertz CT molecular complexity index is 1670. The zero-order valence-electron chi connectivity index (χ0n) is 24.9. The smallest absolute Gasteiger partial charge is 0.416 e. The Morgan fingerprint density at radius 1 is 1.00 bits per heavy atom. The Hall–Kier alpha value is -3.99. The molecule has 5 rings (SSSR count). The number of hydrogen-bond donors (Lipinski definition) is 1. The Morgan fingerprint density at radius 3 is 2.34 bits per heavy atom. The van der Waals surface area contributed by atoms with E-state index in [0.29, 0.717) is 71.0 Å². The van der Waals surface area contributed by atoms with Gasteiger partial charge in [-0.15, -0.1) is 0 Å². The van der Waals surface area contributed by atoms with Crippen LogP contribution in [0.25, 0.3) is 11.1 Å². The number of carbonyl (C=O) groups is 2. The third kappa shape index (κ3) is 5.65. The van der Waals surface area contributed by atoms with Crippen molar-refractivity contribution >= 4 is 17.6 Å². The number of anilines is 1. The lowest BCUT2D eigenvalue weighted by Crippen LogP contribution is -2.30. The van der Waals surface area contributed by atoms with Gasteiger partial charge in [-0.2, -0.15) is 13.2 Å². The van der Waals surface area contributed by atoms with E-state index in [4.69, 9.17) is 9.47 Å². The van der Waals surface area contributed by atoms with Crippen molar-refractivity contribution < 1.29 is 46.1 Å². The van der Waals surface area contributed by atoms with Crippen molar-refractivity contribution in [3.63, 3.8) is 0 Å². The summed E-state index contributed by atoms with van der Waals surface area (Å²) in [4.78, 5) is 27.5. The highest BCUT2D eigenvalue weighted by molar-refractivity contribution is 6.08. The van der Waals surface area contributed by atoms with Crippen LogP contribution in [0.1, 0.15) is 77.0 Å². The van der Waals surface area contributed by atoms with Gasteiger partial charge in [0, 0.05) is 23.4 Å². The maximum absolute atomic E-state index is 15.5. The van der Waals surface area contributed by atoms with Crippen molar-refractivity contribution in [2.45, 2.75) is 71.8 Å². The number of halogens is 5. The quantitative estimate of drug-likeness (QED) is 0.297. The number of amides is 1. The summed E-state index contributed by atoms with van der Waals surface area (Å²) in [6.45, 7) is 8.87. The summed E-state index contributed by atoms with van der Waals surface area (Å²) < 4.78 is 82.2. The van der Waals surface area contributed by atoms with Crippen molar-refractivity contribution in [2.75, 3.05) is 18.1 Å². The number of carboxylic acids is 1. The largest absolute Gasteiger partial charge is 0.490 e. The van der Waals surface area contributed by atoms with Crippen molar-refractivity contribution in [1.82, 2.24) is 0 Å². The number of nitrogens with zero attached hydrogens (tertiary/aromatic N) is 1. The summed E-state index contributed by atoms with van der Waals surface area (Å²) in [5.74, 6) is -3.85. The Balaban J connectivity index is 1.76. The van der Waals surface area contributed by atoms with Crippen LogP contribution in [0.2, 0.25) is 0 Å². The number of alkyl halides is 3. The van der Waals surface area contributed by atoms with Gasteiger partial charge in [0.2, 0.25) is 0 Å². The summed E-state index contributed by atoms with van der Waals surface area (Å²) >= 11 is 0. The van der Waals surface area contributed by atoms with Crippen LogP contribution >= 0.6 is 0 Å². The summed E-state index contributed by atoms with van der Waals surface area (Å²) in [5, 5.41) is 10.3. The molecule has 0 aromatic heterocycles. The minimum atomic E-state index is -4.79. The summed E-state index contributed by atoms with van der Waals surface area (Å²) in [5.41, 5.74) is 0.689. The second kappa shape index (κ2) is 11.2. The van der Waals surface area contributed by atoms with E-state index in [9.17, 15) is 32.3 Å². The van der Waals surface area contributed by atoms with Gasteiger partial charge in [-0.05, 0) is 112 Å². The first kappa shape index (κ1) is 31.4. The highest BCUT2D eigenvalue weighted by Crippen LogP contribution is 2.48. The van der Waals surface area contributed by atoms with Gasteiger partial charge in [-0.1, -0.05) is 0 Å². The van der Waals surface area contributed by atoms with Crippen molar-refractivity contribution in [2.24, 2.45) is 0 Å². The predicted octanol–water partition coefficient (Wildman–Crippen LogP) is 7.74. The summed E-state index contributed by atoms with van der Waals surface area (Å²) in [6.07, 6.45) is -4.92. The van der Waals surface area contributed by atoms with Gasteiger partial charge in [-0.25, -0.2) is 13.6 Å². The van der Waals surface area contributed by atoms with Gasteiger partial charge in [0.1, 0.15) is 5.82 Å². The lowest BCUT2D eigenvalue weighted by atomic mass is 9.83. The first-order chi connectivity index (χ1) is 20.5. The zero-order chi connectivity index (χ0) is 32.3. The molecule has 0 radical (unpaired) electrons. The molecule has 0 saturated carbocycles. The molecule has 0 unspecified atom stereocenters. The molecule has 0 spiro atoms. The number of ether oxygens (including phenoxy) is 2. The Labute approximate surface area is 251 Å². The predicted molar refractivity (Wildman–Crippen MR) is 153 cm³/mol. The molecule has 0 saturated heterocycles. The first-order valence-corrected chi connectivity index (χ1v) is 14.2. The third-order valence-corrected chi connectivity index (χ3v) is 7.97. The van der Waals surface area contributed by atoms with Gasteiger partial charge in [0.15, 0.2) is 17.7 Å². The van der Waals surface area contributed by atoms with Gasteiger partial charge in [-0.3, -0.25) is 4.79 Å². The van der Waals surface area contributed by atoms with Crippen LogP contribution < -0.4 is 9.64 Å². The highest BCUT2D eigenvalue weighted by Gasteiger charge is 2.38. The van der Waals surface area contributed by atoms with Crippen LogP contribution in [-0.4, -0.2) is 35.7 Å². The molecular formula is C33H32F5NO5. The molecule has 234 valence electrons. The summed E-state index contributed by atoms with van der Waals surface area (Å²) in [6, 6.07) is 4.50. The zero-order valence-corrected chi connectivity index (χ0v) is 24.9. The van der Waals surface area contributed by atoms with Crippen LogP contribution in [0.15, 0.2) is 30.3 Å². The van der Waals surface area contributed by atoms with Crippen LogP contribution in [-0.2, 0) is 28.5 Å². The molecule has 11 heteroatoms. The van der Waals surface area contributed by atoms with E-state index in [1.54, 1.807) is 40.7 Å². The lowest BCUT2D eigenvalue weighted by molar-refractivity contribution is -0.160.